The van der Waals surface area contributed by atoms with E-state index in [0.717, 1.165) is 4.47 Å². The summed E-state index contributed by atoms with van der Waals surface area (Å²) in [4.78, 5) is 0. The van der Waals surface area contributed by atoms with Crippen molar-refractivity contribution in [3.05, 3.63) is 28.7 Å². The number of rotatable bonds is 0. The summed E-state index contributed by atoms with van der Waals surface area (Å²) in [6.07, 6.45) is 0. The third-order valence-electron chi connectivity index (χ3n) is 0.852. The standard InChI is InChI=1S/C6H5BrO.Mg/c7-5-3-1-2-4-6(5)8;/h1-4,8H;. The number of aromatic hydroxyl groups is 1. The molecule has 0 spiro atoms. The maximum Gasteiger partial charge on any atom is 0.129 e. The molecule has 1 nitrogen and oxygen atoms in total. The molecule has 1 N–H and O–H groups in total. The van der Waals surface area contributed by atoms with Crippen LogP contribution in [-0.2, 0) is 0 Å². The Hall–Kier alpha value is 0.266. The molecule has 0 aliphatic carbocycles. The van der Waals surface area contributed by atoms with Gasteiger partial charge in [0.1, 0.15) is 5.75 Å². The molecule has 9 heavy (non-hydrogen) atoms. The third-order valence-corrected chi connectivity index (χ3v) is 1.52. The van der Waals surface area contributed by atoms with Crippen LogP contribution in [0.4, 0.5) is 0 Å². The highest BCUT2D eigenvalue weighted by molar-refractivity contribution is 9.10. The molecule has 0 aliphatic heterocycles. The van der Waals surface area contributed by atoms with E-state index >= 15 is 0 Å². The second kappa shape index (κ2) is 4.14. The van der Waals surface area contributed by atoms with Gasteiger partial charge in [-0.15, -0.1) is 0 Å². The fourth-order valence-electron chi connectivity index (χ4n) is 0.452. The van der Waals surface area contributed by atoms with Crippen LogP contribution in [0.25, 0.3) is 0 Å². The predicted octanol–water partition coefficient (Wildman–Crippen LogP) is 1.77. The summed E-state index contributed by atoms with van der Waals surface area (Å²) < 4.78 is 0.736. The average molecular weight is 197 g/mol. The quantitative estimate of drug-likeness (QED) is 0.629. The van der Waals surface area contributed by atoms with Crippen LogP contribution in [-0.4, -0.2) is 28.2 Å². The van der Waals surface area contributed by atoms with Crippen molar-refractivity contribution in [2.45, 2.75) is 0 Å². The summed E-state index contributed by atoms with van der Waals surface area (Å²) in [5, 5.41) is 8.87. The van der Waals surface area contributed by atoms with E-state index in [0.29, 0.717) is 0 Å². The minimum Gasteiger partial charge on any atom is -0.507 e. The molecule has 0 bridgehead atoms. The molecule has 44 valence electrons. The molecule has 1 aromatic carbocycles. The molecule has 0 aliphatic rings. The summed E-state index contributed by atoms with van der Waals surface area (Å²) in [5.74, 6) is 0.285. The Balaban J connectivity index is 0.000000640. The second-order valence-electron chi connectivity index (χ2n) is 1.45. The first-order valence-corrected chi connectivity index (χ1v) is 3.03. The Kier molecular flexibility index (Phi) is 4.26. The van der Waals surface area contributed by atoms with Crippen LogP contribution in [0.3, 0.4) is 0 Å². The van der Waals surface area contributed by atoms with Gasteiger partial charge >= 0.3 is 0 Å². The van der Waals surface area contributed by atoms with Gasteiger partial charge in [0, 0.05) is 23.1 Å². The number of para-hydroxylation sites is 1. The fraction of sp³-hybridized carbons (Fsp3) is 0. The Morgan fingerprint density at radius 3 is 2.11 bits per heavy atom. The van der Waals surface area contributed by atoms with Crippen molar-refractivity contribution in [1.29, 1.82) is 0 Å². The van der Waals surface area contributed by atoms with E-state index in [9.17, 15) is 0 Å². The van der Waals surface area contributed by atoms with E-state index in [1.807, 2.05) is 6.07 Å². The highest BCUT2D eigenvalue weighted by Gasteiger charge is 1.89. The first kappa shape index (κ1) is 9.27. The lowest BCUT2D eigenvalue weighted by Gasteiger charge is -1.90. The normalized spacial score (nSPS) is 8.11. The monoisotopic (exact) mass is 196 g/mol. The minimum absolute atomic E-state index is 0. The number of phenolic OH excluding ortho intramolecular Hbond substituents is 1. The summed E-state index contributed by atoms with van der Waals surface area (Å²) in [7, 11) is 0. The summed E-state index contributed by atoms with van der Waals surface area (Å²) in [5.41, 5.74) is 0. The zero-order valence-corrected chi connectivity index (χ0v) is 7.84. The van der Waals surface area contributed by atoms with Crippen LogP contribution < -0.4 is 0 Å². The Morgan fingerprint density at radius 1 is 1.22 bits per heavy atom. The van der Waals surface area contributed by atoms with Crippen molar-refractivity contribution in [3.8, 4) is 5.75 Å². The molecule has 0 fully saturated rings. The zero-order valence-electron chi connectivity index (χ0n) is 4.84. The summed E-state index contributed by atoms with van der Waals surface area (Å²) in [6, 6.07) is 7.04. The van der Waals surface area contributed by atoms with Crippen LogP contribution in [0, 0.1) is 0 Å². The molecule has 0 atom stereocenters. The Bertz CT molecular complexity index is 169. The van der Waals surface area contributed by atoms with Gasteiger partial charge in [0.05, 0.1) is 4.47 Å². The van der Waals surface area contributed by atoms with E-state index < -0.39 is 0 Å². The van der Waals surface area contributed by atoms with Crippen molar-refractivity contribution in [2.75, 3.05) is 0 Å². The van der Waals surface area contributed by atoms with Gasteiger partial charge in [-0.05, 0) is 28.1 Å². The summed E-state index contributed by atoms with van der Waals surface area (Å²) >= 11 is 3.15. The first-order valence-electron chi connectivity index (χ1n) is 2.24. The molecule has 0 aromatic heterocycles. The highest BCUT2D eigenvalue weighted by Crippen LogP contribution is 2.21. The molecule has 0 saturated carbocycles. The van der Waals surface area contributed by atoms with Gasteiger partial charge in [0.25, 0.3) is 0 Å². The number of benzene rings is 1. The lowest BCUT2D eigenvalue weighted by atomic mass is 10.3. The zero-order chi connectivity index (χ0) is 5.98. The van der Waals surface area contributed by atoms with Crippen molar-refractivity contribution in [3.63, 3.8) is 0 Å². The second-order valence-corrected chi connectivity index (χ2v) is 2.31. The van der Waals surface area contributed by atoms with Crippen LogP contribution >= 0.6 is 15.9 Å². The molecule has 1 rings (SSSR count). The van der Waals surface area contributed by atoms with Gasteiger partial charge < -0.3 is 5.11 Å². The van der Waals surface area contributed by atoms with E-state index in [2.05, 4.69) is 15.9 Å². The largest absolute Gasteiger partial charge is 0.507 e. The van der Waals surface area contributed by atoms with Gasteiger partial charge in [-0.25, -0.2) is 0 Å². The van der Waals surface area contributed by atoms with Crippen LogP contribution in [0.1, 0.15) is 0 Å². The van der Waals surface area contributed by atoms with E-state index in [1.165, 1.54) is 0 Å². The molecule has 0 unspecified atom stereocenters. The SMILES string of the molecule is Oc1ccccc1Br.[Mg]. The van der Waals surface area contributed by atoms with Crippen LogP contribution in [0.5, 0.6) is 5.75 Å². The van der Waals surface area contributed by atoms with Crippen molar-refractivity contribution in [2.24, 2.45) is 0 Å². The van der Waals surface area contributed by atoms with E-state index in [4.69, 9.17) is 5.11 Å². The number of hydrogen-bond acceptors (Lipinski definition) is 1. The van der Waals surface area contributed by atoms with Gasteiger partial charge in [-0.2, -0.15) is 0 Å². The number of phenols is 1. The predicted molar refractivity (Wildman–Crippen MR) is 41.6 cm³/mol. The van der Waals surface area contributed by atoms with Gasteiger partial charge in [-0.1, -0.05) is 12.1 Å². The molecular formula is C6H5BrMgO. The maximum absolute atomic E-state index is 8.87. The van der Waals surface area contributed by atoms with Gasteiger partial charge in [0.2, 0.25) is 0 Å². The molecule has 1 aromatic rings. The lowest BCUT2D eigenvalue weighted by molar-refractivity contribution is 0.472. The average Bonchev–Trinajstić information content (AvgIpc) is 1.77. The topological polar surface area (TPSA) is 20.2 Å². The summed E-state index contributed by atoms with van der Waals surface area (Å²) in [6.45, 7) is 0. The molecule has 0 amide bonds. The molecule has 3 heteroatoms. The van der Waals surface area contributed by atoms with Gasteiger partial charge in [0.15, 0.2) is 0 Å². The van der Waals surface area contributed by atoms with Crippen LogP contribution in [0.15, 0.2) is 28.7 Å². The Labute approximate surface area is 78.4 Å². The smallest absolute Gasteiger partial charge is 0.129 e. The Morgan fingerprint density at radius 2 is 1.78 bits per heavy atom. The molecule has 0 saturated heterocycles. The number of hydrogen-bond donors (Lipinski definition) is 1. The molecule has 2 radical (unpaired) electrons. The lowest BCUT2D eigenvalue weighted by Crippen LogP contribution is -1.63. The van der Waals surface area contributed by atoms with Gasteiger partial charge in [-0.3, -0.25) is 0 Å². The van der Waals surface area contributed by atoms with Crippen LogP contribution in [0.2, 0.25) is 0 Å². The van der Waals surface area contributed by atoms with Crippen molar-refractivity contribution in [1.82, 2.24) is 0 Å². The van der Waals surface area contributed by atoms with E-state index in [-0.39, 0.29) is 28.8 Å². The number of halogens is 1. The molecule has 0 heterocycles. The first-order chi connectivity index (χ1) is 3.80. The van der Waals surface area contributed by atoms with Crippen molar-refractivity contribution >= 4 is 39.0 Å². The maximum atomic E-state index is 8.87. The highest BCUT2D eigenvalue weighted by atomic mass is 79.9. The molecular weight excluding hydrogens is 192 g/mol. The van der Waals surface area contributed by atoms with Crippen molar-refractivity contribution < 1.29 is 5.11 Å². The fourth-order valence-corrected chi connectivity index (χ4v) is 0.737. The minimum atomic E-state index is 0. The van der Waals surface area contributed by atoms with E-state index in [1.54, 1.807) is 18.2 Å². The third kappa shape index (κ3) is 2.56.